The average Bonchev–Trinajstić information content (AvgIpc) is 2.88. The number of carbonyl (C=O) groups excluding carboxylic acids is 2. The van der Waals surface area contributed by atoms with E-state index in [0.717, 1.165) is 23.1 Å². The number of amides is 2. The van der Waals surface area contributed by atoms with Crippen LogP contribution in [0.4, 0.5) is 20.0 Å². The number of hydrogen-bond donors (Lipinski definition) is 2. The van der Waals surface area contributed by atoms with E-state index >= 15 is 0 Å². The Balaban J connectivity index is 1.90. The minimum Gasteiger partial charge on any atom is -0.549 e. The van der Waals surface area contributed by atoms with Crippen LogP contribution in [0.15, 0.2) is 28.6 Å². The van der Waals surface area contributed by atoms with E-state index in [2.05, 4.69) is 20.8 Å². The van der Waals surface area contributed by atoms with Crippen molar-refractivity contribution < 1.29 is 19.1 Å². The molecule has 10 heteroatoms. The van der Waals surface area contributed by atoms with Gasteiger partial charge in [-0.25, -0.2) is 9.18 Å². The van der Waals surface area contributed by atoms with Crippen molar-refractivity contribution in [1.29, 1.82) is 0 Å². The molecule has 2 N–H and O–H groups in total. The molecule has 0 spiro atoms. The van der Waals surface area contributed by atoms with Gasteiger partial charge in [-0.2, -0.15) is 0 Å². The Kier molecular flexibility index (Phi) is 5.28. The zero-order valence-corrected chi connectivity index (χ0v) is 12.8. The number of nitrogens with one attached hydrogen (secondary N) is 2. The summed E-state index contributed by atoms with van der Waals surface area (Å²) < 4.78 is 13.1. The van der Waals surface area contributed by atoms with Crippen molar-refractivity contribution in [2.45, 2.75) is 16.5 Å². The lowest BCUT2D eigenvalue weighted by atomic mass is 10.3. The Hall–Kier alpha value is -2.20. The molecule has 2 rings (SSSR count). The molecule has 1 heterocycles. The molecule has 1 aromatic carbocycles. The number of carboxylic acid groups (broad SMARTS) is 1. The number of hydrogen-bond acceptors (Lipinski definition) is 7. The summed E-state index contributed by atoms with van der Waals surface area (Å²) in [7, 11) is 0. The Morgan fingerprint density at radius 2 is 1.95 bits per heavy atom. The third-order valence-corrected chi connectivity index (χ3v) is 4.34. The number of rotatable bonds is 5. The molecule has 0 radical (unpaired) electrons. The van der Waals surface area contributed by atoms with Crippen molar-refractivity contribution in [2.24, 2.45) is 0 Å². The SMILES string of the molecule is C[C@H](Sc1nnc(NC(=O)Nc2ccc(F)cc2)s1)C(=O)[O-]. The fourth-order valence-corrected chi connectivity index (χ4v) is 3.12. The standard InChI is InChI=1S/C12H11FN4O3S2/c1-6(9(18)19)21-12-17-16-11(22-12)15-10(20)14-8-4-2-7(13)3-5-8/h2-6H,1H3,(H,18,19)(H2,14,15,16,20)/p-1/t6-/m0/s1. The monoisotopic (exact) mass is 341 g/mol. The molecule has 0 aliphatic carbocycles. The van der Waals surface area contributed by atoms with Gasteiger partial charge < -0.3 is 15.2 Å². The molecule has 22 heavy (non-hydrogen) atoms. The lowest BCUT2D eigenvalue weighted by molar-refractivity contribution is -0.304. The minimum absolute atomic E-state index is 0.215. The van der Waals surface area contributed by atoms with Gasteiger partial charge in [0.25, 0.3) is 0 Å². The zero-order chi connectivity index (χ0) is 16.1. The van der Waals surface area contributed by atoms with Gasteiger partial charge in [-0.05, 0) is 31.2 Å². The Bertz CT molecular complexity index is 677. The molecule has 0 fully saturated rings. The first-order valence-electron chi connectivity index (χ1n) is 5.98. The molecule has 116 valence electrons. The highest BCUT2D eigenvalue weighted by atomic mass is 32.2. The summed E-state index contributed by atoms with van der Waals surface area (Å²) in [6.45, 7) is 1.47. The molecule has 0 aliphatic heterocycles. The van der Waals surface area contributed by atoms with E-state index in [0.29, 0.717) is 10.0 Å². The van der Waals surface area contributed by atoms with Gasteiger partial charge in [-0.15, -0.1) is 10.2 Å². The van der Waals surface area contributed by atoms with E-state index in [9.17, 15) is 19.1 Å². The normalized spacial score (nSPS) is 11.7. The van der Waals surface area contributed by atoms with Crippen LogP contribution in [0.1, 0.15) is 6.92 Å². The van der Waals surface area contributed by atoms with Crippen molar-refractivity contribution in [3.63, 3.8) is 0 Å². The molecule has 1 aromatic heterocycles. The lowest BCUT2D eigenvalue weighted by Crippen LogP contribution is -2.31. The second-order valence-corrected chi connectivity index (χ2v) is 6.60. The van der Waals surface area contributed by atoms with Gasteiger partial charge in [0.1, 0.15) is 5.82 Å². The summed E-state index contributed by atoms with van der Waals surface area (Å²) in [6, 6.07) is 4.70. The van der Waals surface area contributed by atoms with Gasteiger partial charge >= 0.3 is 6.03 Å². The van der Waals surface area contributed by atoms with E-state index in [1.807, 2.05) is 0 Å². The number of aromatic nitrogens is 2. The van der Waals surface area contributed by atoms with Gasteiger partial charge in [0.15, 0.2) is 4.34 Å². The van der Waals surface area contributed by atoms with Crippen LogP contribution in [0, 0.1) is 5.82 Å². The first kappa shape index (κ1) is 16.2. The predicted molar refractivity (Wildman–Crippen MR) is 79.3 cm³/mol. The van der Waals surface area contributed by atoms with Crippen molar-refractivity contribution in [1.82, 2.24) is 10.2 Å². The molecule has 7 nitrogen and oxygen atoms in total. The molecule has 2 amide bonds. The average molecular weight is 341 g/mol. The van der Waals surface area contributed by atoms with Crippen LogP contribution in [0.3, 0.4) is 0 Å². The Labute approximate surface area is 133 Å². The van der Waals surface area contributed by atoms with Crippen molar-refractivity contribution >= 4 is 45.9 Å². The summed E-state index contributed by atoms with van der Waals surface area (Å²) in [6.07, 6.45) is 0. The lowest BCUT2D eigenvalue weighted by Gasteiger charge is -2.08. The molecule has 0 bridgehead atoms. The number of benzene rings is 1. The number of carboxylic acids is 1. The highest BCUT2D eigenvalue weighted by Crippen LogP contribution is 2.28. The first-order valence-corrected chi connectivity index (χ1v) is 7.68. The number of carbonyl (C=O) groups is 2. The van der Waals surface area contributed by atoms with Gasteiger partial charge in [0.05, 0.1) is 5.97 Å². The molecular weight excluding hydrogens is 331 g/mol. The topological polar surface area (TPSA) is 107 Å². The zero-order valence-electron chi connectivity index (χ0n) is 11.2. The fourth-order valence-electron chi connectivity index (χ4n) is 1.30. The summed E-state index contributed by atoms with van der Waals surface area (Å²) in [4.78, 5) is 22.4. The van der Waals surface area contributed by atoms with E-state index in [1.54, 1.807) is 0 Å². The molecule has 0 saturated heterocycles. The second kappa shape index (κ2) is 7.18. The number of anilines is 2. The summed E-state index contributed by atoms with van der Waals surface area (Å²) in [5, 5.41) is 22.5. The van der Waals surface area contributed by atoms with E-state index in [4.69, 9.17) is 0 Å². The van der Waals surface area contributed by atoms with Crippen LogP contribution < -0.4 is 15.7 Å². The second-order valence-electron chi connectivity index (χ2n) is 4.04. The van der Waals surface area contributed by atoms with Crippen LogP contribution >= 0.6 is 23.1 Å². The van der Waals surface area contributed by atoms with Gasteiger partial charge in [-0.1, -0.05) is 23.1 Å². The van der Waals surface area contributed by atoms with Crippen molar-refractivity contribution in [2.75, 3.05) is 10.6 Å². The van der Waals surface area contributed by atoms with Crippen molar-refractivity contribution in [3.05, 3.63) is 30.1 Å². The Morgan fingerprint density at radius 3 is 2.59 bits per heavy atom. The first-order chi connectivity index (χ1) is 10.4. The largest absolute Gasteiger partial charge is 0.549 e. The smallest absolute Gasteiger partial charge is 0.325 e. The molecule has 1 atom stereocenters. The van der Waals surface area contributed by atoms with Crippen LogP contribution in [-0.4, -0.2) is 27.4 Å². The third kappa shape index (κ3) is 4.67. The van der Waals surface area contributed by atoms with Crippen LogP contribution in [-0.2, 0) is 4.79 Å². The van der Waals surface area contributed by atoms with Crippen LogP contribution in [0.25, 0.3) is 0 Å². The van der Waals surface area contributed by atoms with E-state index in [1.165, 1.54) is 31.2 Å². The number of urea groups is 1. The maximum Gasteiger partial charge on any atom is 0.325 e. The summed E-state index contributed by atoms with van der Waals surface area (Å²) >= 11 is 2.01. The van der Waals surface area contributed by atoms with Crippen LogP contribution in [0.2, 0.25) is 0 Å². The number of halogens is 1. The van der Waals surface area contributed by atoms with Gasteiger partial charge in [0.2, 0.25) is 5.13 Å². The molecule has 0 aliphatic rings. The van der Waals surface area contributed by atoms with E-state index in [-0.39, 0.29) is 5.13 Å². The minimum atomic E-state index is -1.20. The Morgan fingerprint density at radius 1 is 1.27 bits per heavy atom. The third-order valence-electron chi connectivity index (χ3n) is 2.34. The molecule has 0 unspecified atom stereocenters. The predicted octanol–water partition coefficient (Wildman–Crippen LogP) is 1.55. The van der Waals surface area contributed by atoms with Gasteiger partial charge in [0, 0.05) is 10.9 Å². The quantitative estimate of drug-likeness (QED) is 0.631. The summed E-state index contributed by atoms with van der Waals surface area (Å²) in [5.41, 5.74) is 0.420. The van der Waals surface area contributed by atoms with Crippen molar-refractivity contribution in [3.8, 4) is 0 Å². The number of aliphatic carboxylic acids is 1. The maximum absolute atomic E-state index is 12.7. The van der Waals surface area contributed by atoms with Gasteiger partial charge in [-0.3, -0.25) is 5.32 Å². The number of thioether (sulfide) groups is 1. The molecule has 0 saturated carbocycles. The molecule has 2 aromatic rings. The van der Waals surface area contributed by atoms with Crippen LogP contribution in [0.5, 0.6) is 0 Å². The fraction of sp³-hybridized carbons (Fsp3) is 0.167. The highest BCUT2D eigenvalue weighted by Gasteiger charge is 2.12. The maximum atomic E-state index is 12.7. The highest BCUT2D eigenvalue weighted by molar-refractivity contribution is 8.02. The number of nitrogens with zero attached hydrogens (tertiary/aromatic N) is 2. The van der Waals surface area contributed by atoms with E-state index < -0.39 is 23.1 Å². The summed E-state index contributed by atoms with van der Waals surface area (Å²) in [5.74, 6) is -1.61. The molecular formula is C12H10FN4O3S2-.